The molecule has 2 aromatic rings. The fourth-order valence-electron chi connectivity index (χ4n) is 3.92. The number of fused-ring (bicyclic) bond motifs is 2. The van der Waals surface area contributed by atoms with E-state index < -0.39 is 0 Å². The Morgan fingerprint density at radius 1 is 1.31 bits per heavy atom. The molecule has 0 fully saturated rings. The molecule has 2 heterocycles. The van der Waals surface area contributed by atoms with E-state index in [1.54, 1.807) is 13.0 Å². The molecule has 0 radical (unpaired) electrons. The third-order valence-electron chi connectivity index (χ3n) is 4.95. The van der Waals surface area contributed by atoms with Crippen LogP contribution >= 0.6 is 0 Å². The van der Waals surface area contributed by atoms with Crippen molar-refractivity contribution < 1.29 is 18.7 Å². The number of esters is 1. The van der Waals surface area contributed by atoms with Crippen LogP contribution in [0.15, 0.2) is 18.2 Å². The smallest absolute Gasteiger partial charge is 0.340 e. The van der Waals surface area contributed by atoms with Crippen LogP contribution in [0.25, 0.3) is 11.1 Å². The fourth-order valence-corrected chi connectivity index (χ4v) is 3.92. The Hall–Kier alpha value is -2.89. The van der Waals surface area contributed by atoms with Crippen LogP contribution in [0.3, 0.4) is 0 Å². The maximum Gasteiger partial charge on any atom is 0.340 e. The van der Waals surface area contributed by atoms with Crippen LogP contribution in [0.5, 0.6) is 0 Å². The predicted octanol–water partition coefficient (Wildman–Crippen LogP) is 3.84. The van der Waals surface area contributed by atoms with E-state index in [9.17, 15) is 14.0 Å². The Morgan fingerprint density at radius 2 is 2.12 bits per heavy atom. The molecule has 1 aliphatic heterocycles. The number of hydrogen-bond donors (Lipinski definition) is 2. The van der Waals surface area contributed by atoms with Crippen LogP contribution < -0.4 is 5.32 Å². The van der Waals surface area contributed by atoms with Crippen molar-refractivity contribution in [2.75, 3.05) is 11.9 Å². The lowest BCUT2D eigenvalue weighted by Crippen LogP contribution is -2.12. The van der Waals surface area contributed by atoms with Crippen LogP contribution in [0.1, 0.15) is 52.6 Å². The van der Waals surface area contributed by atoms with E-state index in [0.29, 0.717) is 35.4 Å². The standard InChI is InChI=1S/C20H19FN2O3/c1-3-26-20(25)16-10(2)22-18-12(16)5-4-6-13(18)17-14-9-11(21)7-8-15(14)23-19(17)24/h7-9,22H,3-6H2,1-2H3,(H,23,24). The second kappa shape index (κ2) is 6.12. The average Bonchev–Trinajstić information content (AvgIpc) is 3.10. The lowest BCUT2D eigenvalue weighted by Gasteiger charge is -2.18. The van der Waals surface area contributed by atoms with Crippen LogP contribution in [0.4, 0.5) is 10.1 Å². The number of hydrogen-bond acceptors (Lipinski definition) is 3. The molecule has 26 heavy (non-hydrogen) atoms. The molecule has 134 valence electrons. The van der Waals surface area contributed by atoms with E-state index >= 15 is 0 Å². The zero-order valence-electron chi connectivity index (χ0n) is 14.7. The summed E-state index contributed by atoms with van der Waals surface area (Å²) in [6, 6.07) is 4.28. The summed E-state index contributed by atoms with van der Waals surface area (Å²) in [5.41, 5.74) is 5.45. The van der Waals surface area contributed by atoms with Gasteiger partial charge in [-0.05, 0) is 62.4 Å². The molecule has 1 aromatic heterocycles. The maximum absolute atomic E-state index is 13.8. The Bertz CT molecular complexity index is 972. The highest BCUT2D eigenvalue weighted by Gasteiger charge is 2.33. The summed E-state index contributed by atoms with van der Waals surface area (Å²) in [7, 11) is 0. The number of halogens is 1. The molecular formula is C20H19FN2O3. The van der Waals surface area contributed by atoms with E-state index in [0.717, 1.165) is 35.4 Å². The number of ether oxygens (including phenoxy) is 1. The summed E-state index contributed by atoms with van der Waals surface area (Å²) in [6.45, 7) is 3.91. The van der Waals surface area contributed by atoms with Crippen molar-refractivity contribution in [1.82, 2.24) is 4.98 Å². The van der Waals surface area contributed by atoms with Gasteiger partial charge in [-0.1, -0.05) is 0 Å². The van der Waals surface area contributed by atoms with Gasteiger partial charge in [0, 0.05) is 22.6 Å². The molecule has 0 saturated heterocycles. The van der Waals surface area contributed by atoms with E-state index in [-0.39, 0.29) is 17.7 Å². The normalized spacial score (nSPS) is 18.3. The molecular weight excluding hydrogens is 335 g/mol. The first kappa shape index (κ1) is 16.6. The van der Waals surface area contributed by atoms with E-state index in [1.165, 1.54) is 12.1 Å². The molecule has 5 nitrogen and oxygen atoms in total. The molecule has 1 aromatic carbocycles. The number of H-pyrrole nitrogens is 1. The number of nitrogens with one attached hydrogen (secondary N) is 2. The summed E-state index contributed by atoms with van der Waals surface area (Å²) < 4.78 is 18.9. The highest BCUT2D eigenvalue weighted by Crippen LogP contribution is 2.43. The number of allylic oxidation sites excluding steroid dienone is 1. The summed E-state index contributed by atoms with van der Waals surface area (Å²) >= 11 is 0. The van der Waals surface area contributed by atoms with Crippen LogP contribution in [0, 0.1) is 12.7 Å². The van der Waals surface area contributed by atoms with Gasteiger partial charge >= 0.3 is 5.97 Å². The lowest BCUT2D eigenvalue weighted by atomic mass is 9.86. The Balaban J connectivity index is 1.92. The minimum atomic E-state index is -0.385. The molecule has 4 rings (SSSR count). The largest absolute Gasteiger partial charge is 0.462 e. The molecule has 2 aliphatic rings. The molecule has 0 saturated carbocycles. The number of aromatic nitrogens is 1. The van der Waals surface area contributed by atoms with Crippen LogP contribution in [0.2, 0.25) is 0 Å². The molecule has 2 N–H and O–H groups in total. The maximum atomic E-state index is 13.8. The molecule has 0 bridgehead atoms. The fraction of sp³-hybridized carbons (Fsp3) is 0.300. The highest BCUT2D eigenvalue weighted by atomic mass is 19.1. The Kier molecular flexibility index (Phi) is 3.90. The zero-order valence-corrected chi connectivity index (χ0v) is 14.7. The third kappa shape index (κ3) is 2.44. The van der Waals surface area contributed by atoms with Gasteiger partial charge in [-0.15, -0.1) is 0 Å². The second-order valence-corrected chi connectivity index (χ2v) is 6.55. The first-order valence-corrected chi connectivity index (χ1v) is 8.74. The van der Waals surface area contributed by atoms with Crippen molar-refractivity contribution in [1.29, 1.82) is 0 Å². The molecule has 0 spiro atoms. The minimum Gasteiger partial charge on any atom is -0.462 e. The average molecular weight is 354 g/mol. The molecule has 0 atom stereocenters. The topological polar surface area (TPSA) is 71.2 Å². The van der Waals surface area contributed by atoms with Crippen molar-refractivity contribution in [3.8, 4) is 0 Å². The molecule has 1 aliphatic carbocycles. The van der Waals surface area contributed by atoms with Crippen LogP contribution in [-0.2, 0) is 16.0 Å². The number of anilines is 1. The molecule has 1 amide bonds. The third-order valence-corrected chi connectivity index (χ3v) is 4.95. The van der Waals surface area contributed by atoms with Gasteiger partial charge in [0.1, 0.15) is 5.82 Å². The lowest BCUT2D eigenvalue weighted by molar-refractivity contribution is -0.110. The number of aryl methyl sites for hydroxylation is 1. The van der Waals surface area contributed by atoms with Crippen molar-refractivity contribution in [2.24, 2.45) is 0 Å². The van der Waals surface area contributed by atoms with Gasteiger partial charge in [0.15, 0.2) is 0 Å². The number of rotatable bonds is 2. The van der Waals surface area contributed by atoms with Crippen molar-refractivity contribution in [3.05, 3.63) is 52.1 Å². The van der Waals surface area contributed by atoms with Crippen molar-refractivity contribution in [3.63, 3.8) is 0 Å². The first-order chi connectivity index (χ1) is 12.5. The van der Waals surface area contributed by atoms with Crippen molar-refractivity contribution >= 4 is 28.7 Å². The quantitative estimate of drug-likeness (QED) is 0.636. The number of aromatic amines is 1. The first-order valence-electron chi connectivity index (χ1n) is 8.74. The van der Waals surface area contributed by atoms with E-state index in [2.05, 4.69) is 10.3 Å². The second-order valence-electron chi connectivity index (χ2n) is 6.55. The van der Waals surface area contributed by atoms with Crippen LogP contribution in [-0.4, -0.2) is 23.5 Å². The monoisotopic (exact) mass is 354 g/mol. The Morgan fingerprint density at radius 3 is 2.88 bits per heavy atom. The summed E-state index contributed by atoms with van der Waals surface area (Å²) in [5, 5.41) is 2.80. The number of carbonyl (C=O) groups excluding carboxylic acids is 2. The SMILES string of the molecule is CCOC(=O)c1c(C)[nH]c2c1CCCC2=C1C(=O)Nc2ccc(F)cc21. The summed E-state index contributed by atoms with van der Waals surface area (Å²) in [6.07, 6.45) is 2.24. The predicted molar refractivity (Wildman–Crippen MR) is 96.3 cm³/mol. The number of amides is 1. The van der Waals surface area contributed by atoms with Gasteiger partial charge in [-0.25, -0.2) is 9.18 Å². The number of carbonyl (C=O) groups is 2. The van der Waals surface area contributed by atoms with Gasteiger partial charge in [0.05, 0.1) is 17.7 Å². The highest BCUT2D eigenvalue weighted by molar-refractivity contribution is 6.36. The minimum absolute atomic E-state index is 0.238. The zero-order chi connectivity index (χ0) is 18.4. The van der Waals surface area contributed by atoms with Gasteiger partial charge in [0.25, 0.3) is 5.91 Å². The molecule has 0 unspecified atom stereocenters. The summed E-state index contributed by atoms with van der Waals surface area (Å²) in [5.74, 6) is -0.973. The van der Waals surface area contributed by atoms with Gasteiger partial charge in [0.2, 0.25) is 0 Å². The Labute approximate surface area is 150 Å². The van der Waals surface area contributed by atoms with E-state index in [1.807, 2.05) is 6.92 Å². The number of benzene rings is 1. The summed E-state index contributed by atoms with van der Waals surface area (Å²) in [4.78, 5) is 28.2. The van der Waals surface area contributed by atoms with Gasteiger partial charge in [-0.3, -0.25) is 4.79 Å². The van der Waals surface area contributed by atoms with E-state index in [4.69, 9.17) is 4.74 Å². The molecule has 6 heteroatoms. The van der Waals surface area contributed by atoms with Crippen molar-refractivity contribution in [2.45, 2.75) is 33.1 Å². The van der Waals surface area contributed by atoms with Gasteiger partial charge in [-0.2, -0.15) is 0 Å². The van der Waals surface area contributed by atoms with Gasteiger partial charge < -0.3 is 15.0 Å².